The summed E-state index contributed by atoms with van der Waals surface area (Å²) in [7, 11) is 0. The number of rotatable bonds is 3. The van der Waals surface area contributed by atoms with Gasteiger partial charge in [0.25, 0.3) is 0 Å². The summed E-state index contributed by atoms with van der Waals surface area (Å²) in [5, 5.41) is 9.73. The Morgan fingerprint density at radius 3 is 2.74 bits per heavy atom. The molecule has 0 aliphatic heterocycles. The molecule has 0 heterocycles. The summed E-state index contributed by atoms with van der Waals surface area (Å²) in [5.41, 5.74) is 3.10. The zero-order chi connectivity index (χ0) is 13.2. The third-order valence-corrected chi connectivity index (χ3v) is 3.48. The molecule has 3 rings (SSSR count). The molecule has 2 aromatic rings. The highest BCUT2D eigenvalue weighted by Crippen LogP contribution is 2.33. The first-order valence-corrected chi connectivity index (χ1v) is 6.40. The van der Waals surface area contributed by atoms with Crippen molar-refractivity contribution in [1.82, 2.24) is 0 Å². The monoisotopic (exact) mass is 258 g/mol. The lowest BCUT2D eigenvalue weighted by Gasteiger charge is -2.09. The van der Waals surface area contributed by atoms with E-state index in [-0.39, 0.29) is 11.9 Å². The van der Waals surface area contributed by atoms with Crippen LogP contribution in [0.2, 0.25) is 0 Å². The van der Waals surface area contributed by atoms with E-state index in [0.29, 0.717) is 6.61 Å². The Bertz CT molecular complexity index is 578. The second kappa shape index (κ2) is 5.02. The van der Waals surface area contributed by atoms with E-state index < -0.39 is 0 Å². The molecule has 2 aromatic carbocycles. The smallest absolute Gasteiger partial charge is 0.123 e. The van der Waals surface area contributed by atoms with Crippen LogP contribution in [0.15, 0.2) is 42.5 Å². The SMILES string of the molecule is O[C@@H]1CCc2cc(OCc3ccc(F)cc3)ccc21. The second-order valence-electron chi connectivity index (χ2n) is 4.83. The van der Waals surface area contributed by atoms with E-state index in [1.54, 1.807) is 12.1 Å². The van der Waals surface area contributed by atoms with Crippen molar-refractivity contribution < 1.29 is 14.2 Å². The van der Waals surface area contributed by atoms with E-state index in [4.69, 9.17) is 4.74 Å². The van der Waals surface area contributed by atoms with Gasteiger partial charge in [-0.05, 0) is 53.8 Å². The number of aliphatic hydroxyl groups is 1. The van der Waals surface area contributed by atoms with Gasteiger partial charge in [0.2, 0.25) is 0 Å². The molecule has 0 amide bonds. The van der Waals surface area contributed by atoms with Crippen molar-refractivity contribution in [3.63, 3.8) is 0 Å². The van der Waals surface area contributed by atoms with Crippen LogP contribution in [0, 0.1) is 5.82 Å². The molecule has 3 heteroatoms. The lowest BCUT2D eigenvalue weighted by atomic mass is 10.1. The molecule has 1 N–H and O–H groups in total. The number of aliphatic hydroxyl groups excluding tert-OH is 1. The molecule has 0 spiro atoms. The largest absolute Gasteiger partial charge is 0.489 e. The minimum absolute atomic E-state index is 0.240. The fraction of sp³-hybridized carbons (Fsp3) is 0.250. The van der Waals surface area contributed by atoms with Gasteiger partial charge in [0, 0.05) is 0 Å². The summed E-state index contributed by atoms with van der Waals surface area (Å²) in [4.78, 5) is 0. The third kappa shape index (κ3) is 2.61. The van der Waals surface area contributed by atoms with Gasteiger partial charge in [-0.15, -0.1) is 0 Å². The predicted octanol–water partition coefficient (Wildman–Crippen LogP) is 3.38. The van der Waals surface area contributed by atoms with Crippen LogP contribution >= 0.6 is 0 Å². The first kappa shape index (κ1) is 12.2. The van der Waals surface area contributed by atoms with Crippen LogP contribution in [0.5, 0.6) is 5.75 Å². The van der Waals surface area contributed by atoms with Crippen molar-refractivity contribution in [2.75, 3.05) is 0 Å². The fourth-order valence-electron chi connectivity index (χ4n) is 2.41. The van der Waals surface area contributed by atoms with Crippen LogP contribution in [-0.2, 0) is 13.0 Å². The number of hydrogen-bond acceptors (Lipinski definition) is 2. The molecule has 1 atom stereocenters. The number of aryl methyl sites for hydroxylation is 1. The third-order valence-electron chi connectivity index (χ3n) is 3.48. The summed E-state index contributed by atoms with van der Waals surface area (Å²) in [6.07, 6.45) is 1.35. The molecule has 0 unspecified atom stereocenters. The summed E-state index contributed by atoms with van der Waals surface area (Å²) in [5.74, 6) is 0.549. The summed E-state index contributed by atoms with van der Waals surface area (Å²) in [6.45, 7) is 0.418. The van der Waals surface area contributed by atoms with Crippen LogP contribution in [0.4, 0.5) is 4.39 Å². The van der Waals surface area contributed by atoms with Crippen molar-refractivity contribution in [2.24, 2.45) is 0 Å². The first-order chi connectivity index (χ1) is 9.22. The van der Waals surface area contributed by atoms with Crippen LogP contribution in [0.3, 0.4) is 0 Å². The maximum absolute atomic E-state index is 12.8. The number of fused-ring (bicyclic) bond motifs is 1. The van der Waals surface area contributed by atoms with Crippen molar-refractivity contribution >= 4 is 0 Å². The molecular weight excluding hydrogens is 243 g/mol. The molecule has 0 bridgehead atoms. The Kier molecular flexibility index (Phi) is 3.22. The van der Waals surface area contributed by atoms with Crippen LogP contribution in [0.25, 0.3) is 0 Å². The number of halogens is 1. The standard InChI is InChI=1S/C16H15FO2/c17-13-4-1-11(2-5-13)10-19-14-6-7-15-12(9-14)3-8-16(15)18/h1-2,4-7,9,16,18H,3,8,10H2/t16-/m1/s1. The first-order valence-electron chi connectivity index (χ1n) is 6.40. The van der Waals surface area contributed by atoms with Gasteiger partial charge in [0.15, 0.2) is 0 Å². The van der Waals surface area contributed by atoms with Gasteiger partial charge in [0.1, 0.15) is 18.2 Å². The summed E-state index contributed by atoms with van der Waals surface area (Å²) >= 11 is 0. The number of ether oxygens (including phenoxy) is 1. The van der Waals surface area contributed by atoms with E-state index in [1.807, 2.05) is 18.2 Å². The molecule has 0 fully saturated rings. The van der Waals surface area contributed by atoms with Gasteiger partial charge >= 0.3 is 0 Å². The van der Waals surface area contributed by atoms with Gasteiger partial charge in [-0.1, -0.05) is 18.2 Å². The van der Waals surface area contributed by atoms with E-state index in [2.05, 4.69) is 0 Å². The summed E-state index contributed by atoms with van der Waals surface area (Å²) in [6, 6.07) is 12.1. The van der Waals surface area contributed by atoms with Gasteiger partial charge < -0.3 is 9.84 Å². The molecule has 0 aromatic heterocycles. The Labute approximate surface area is 111 Å². The highest BCUT2D eigenvalue weighted by Gasteiger charge is 2.20. The second-order valence-corrected chi connectivity index (χ2v) is 4.83. The molecule has 1 aliphatic rings. The van der Waals surface area contributed by atoms with E-state index in [1.165, 1.54) is 12.1 Å². The van der Waals surface area contributed by atoms with Crippen molar-refractivity contribution in [2.45, 2.75) is 25.6 Å². The lowest BCUT2D eigenvalue weighted by molar-refractivity contribution is 0.180. The molecule has 2 nitrogen and oxygen atoms in total. The quantitative estimate of drug-likeness (QED) is 0.914. The van der Waals surface area contributed by atoms with Gasteiger partial charge in [0.05, 0.1) is 6.10 Å². The van der Waals surface area contributed by atoms with E-state index >= 15 is 0 Å². The Morgan fingerprint density at radius 1 is 1.16 bits per heavy atom. The zero-order valence-corrected chi connectivity index (χ0v) is 10.5. The Hall–Kier alpha value is -1.87. The van der Waals surface area contributed by atoms with E-state index in [9.17, 15) is 9.50 Å². The molecule has 0 radical (unpaired) electrons. The van der Waals surface area contributed by atoms with Crippen LogP contribution < -0.4 is 4.74 Å². The normalized spacial score (nSPS) is 17.3. The Morgan fingerprint density at radius 2 is 1.95 bits per heavy atom. The maximum Gasteiger partial charge on any atom is 0.123 e. The molecule has 98 valence electrons. The van der Waals surface area contributed by atoms with Gasteiger partial charge in [-0.25, -0.2) is 4.39 Å². The number of hydrogen-bond donors (Lipinski definition) is 1. The minimum Gasteiger partial charge on any atom is -0.489 e. The van der Waals surface area contributed by atoms with Crippen molar-refractivity contribution in [3.05, 3.63) is 65.0 Å². The van der Waals surface area contributed by atoms with Gasteiger partial charge in [-0.3, -0.25) is 0 Å². The minimum atomic E-state index is -0.332. The highest BCUT2D eigenvalue weighted by atomic mass is 19.1. The number of benzene rings is 2. The molecule has 0 saturated heterocycles. The van der Waals surface area contributed by atoms with E-state index in [0.717, 1.165) is 35.3 Å². The highest BCUT2D eigenvalue weighted by molar-refractivity contribution is 5.40. The average molecular weight is 258 g/mol. The zero-order valence-electron chi connectivity index (χ0n) is 10.5. The molecule has 0 saturated carbocycles. The Balaban J connectivity index is 1.69. The van der Waals surface area contributed by atoms with Crippen molar-refractivity contribution in [1.29, 1.82) is 0 Å². The lowest BCUT2D eigenvalue weighted by Crippen LogP contribution is -1.97. The van der Waals surface area contributed by atoms with Crippen LogP contribution in [-0.4, -0.2) is 5.11 Å². The molecule has 19 heavy (non-hydrogen) atoms. The van der Waals surface area contributed by atoms with Gasteiger partial charge in [-0.2, -0.15) is 0 Å². The molecule has 1 aliphatic carbocycles. The fourth-order valence-corrected chi connectivity index (χ4v) is 2.41. The average Bonchev–Trinajstić information content (AvgIpc) is 2.79. The van der Waals surface area contributed by atoms with Crippen molar-refractivity contribution in [3.8, 4) is 5.75 Å². The molecular formula is C16H15FO2. The maximum atomic E-state index is 12.8. The topological polar surface area (TPSA) is 29.5 Å². The summed E-state index contributed by atoms with van der Waals surface area (Å²) < 4.78 is 18.5. The van der Waals surface area contributed by atoms with Crippen LogP contribution in [0.1, 0.15) is 29.2 Å². The predicted molar refractivity (Wildman–Crippen MR) is 70.5 cm³/mol.